The van der Waals surface area contributed by atoms with Gasteiger partial charge in [0, 0.05) is 5.92 Å². The molecule has 0 aliphatic heterocycles. The van der Waals surface area contributed by atoms with Gasteiger partial charge in [0.25, 0.3) is 6.47 Å². The highest BCUT2D eigenvalue weighted by atomic mass is 16.5. The molecule has 3 nitrogen and oxygen atoms in total. The average molecular weight is 180 g/mol. The van der Waals surface area contributed by atoms with E-state index in [0.717, 1.165) is 5.56 Å². The van der Waals surface area contributed by atoms with Gasteiger partial charge in [-0.15, -0.1) is 0 Å². The third kappa shape index (κ3) is 2.87. The largest absolute Gasteiger partial charge is 0.467 e. The van der Waals surface area contributed by atoms with E-state index in [1.807, 2.05) is 30.3 Å². The third-order valence-electron chi connectivity index (χ3n) is 1.86. The highest BCUT2D eigenvalue weighted by Crippen LogP contribution is 2.14. The van der Waals surface area contributed by atoms with E-state index in [2.05, 4.69) is 4.74 Å². The average Bonchev–Trinajstić information content (AvgIpc) is 2.21. The van der Waals surface area contributed by atoms with Gasteiger partial charge in [-0.05, 0) is 5.56 Å². The van der Waals surface area contributed by atoms with E-state index < -0.39 is 0 Å². The van der Waals surface area contributed by atoms with Crippen LogP contribution in [0.25, 0.3) is 0 Å². The van der Waals surface area contributed by atoms with Crippen molar-refractivity contribution in [1.82, 2.24) is 0 Å². The maximum atomic E-state index is 9.95. The zero-order valence-electron chi connectivity index (χ0n) is 7.22. The normalized spacial score (nSPS) is 12.1. The van der Waals surface area contributed by atoms with Gasteiger partial charge in [0.1, 0.15) is 6.61 Å². The molecule has 1 N–H and O–H groups in total. The van der Waals surface area contributed by atoms with Crippen LogP contribution in [0.2, 0.25) is 0 Å². The van der Waals surface area contributed by atoms with Crippen LogP contribution in [0.3, 0.4) is 0 Å². The summed E-state index contributed by atoms with van der Waals surface area (Å²) in [7, 11) is 0. The first-order valence-electron chi connectivity index (χ1n) is 4.09. The van der Waals surface area contributed by atoms with Crippen LogP contribution in [0.15, 0.2) is 30.3 Å². The highest BCUT2D eigenvalue weighted by molar-refractivity contribution is 5.37. The summed E-state index contributed by atoms with van der Waals surface area (Å²) >= 11 is 0. The molecular formula is C10H12O3. The fourth-order valence-electron chi connectivity index (χ4n) is 1.13. The van der Waals surface area contributed by atoms with E-state index in [9.17, 15) is 4.79 Å². The predicted octanol–water partition coefficient (Wildman–Crippen LogP) is 0.935. The molecule has 0 aromatic heterocycles. The quantitative estimate of drug-likeness (QED) is 0.686. The molecule has 0 amide bonds. The van der Waals surface area contributed by atoms with Gasteiger partial charge in [0.15, 0.2) is 0 Å². The molecular weight excluding hydrogens is 168 g/mol. The van der Waals surface area contributed by atoms with Crippen LogP contribution in [-0.4, -0.2) is 24.8 Å². The minimum Gasteiger partial charge on any atom is -0.467 e. The molecule has 1 atom stereocenters. The first-order chi connectivity index (χ1) is 6.38. The number of aliphatic hydroxyl groups excluding tert-OH is 1. The standard InChI is InChI=1S/C10H12O3/c11-6-10(7-13-8-12)9-4-2-1-3-5-9/h1-5,8,10-11H,6-7H2. The van der Waals surface area contributed by atoms with E-state index >= 15 is 0 Å². The number of rotatable bonds is 5. The maximum Gasteiger partial charge on any atom is 0.293 e. The van der Waals surface area contributed by atoms with E-state index in [0.29, 0.717) is 6.47 Å². The van der Waals surface area contributed by atoms with Gasteiger partial charge in [-0.25, -0.2) is 0 Å². The molecule has 1 aromatic rings. The van der Waals surface area contributed by atoms with Crippen molar-refractivity contribution in [2.75, 3.05) is 13.2 Å². The molecule has 70 valence electrons. The Morgan fingerprint density at radius 2 is 2.08 bits per heavy atom. The minimum atomic E-state index is -0.119. The summed E-state index contributed by atoms with van der Waals surface area (Å²) in [6, 6.07) is 9.47. The van der Waals surface area contributed by atoms with Crippen molar-refractivity contribution in [1.29, 1.82) is 0 Å². The summed E-state index contributed by atoms with van der Waals surface area (Å²) in [4.78, 5) is 9.95. The Morgan fingerprint density at radius 3 is 2.62 bits per heavy atom. The summed E-state index contributed by atoms with van der Waals surface area (Å²) in [6.07, 6.45) is 0. The Balaban J connectivity index is 2.61. The molecule has 13 heavy (non-hydrogen) atoms. The summed E-state index contributed by atoms with van der Waals surface area (Å²) in [5.74, 6) is -0.119. The second-order valence-corrected chi connectivity index (χ2v) is 2.72. The van der Waals surface area contributed by atoms with Crippen LogP contribution >= 0.6 is 0 Å². The summed E-state index contributed by atoms with van der Waals surface area (Å²) < 4.78 is 4.60. The Kier molecular flexibility index (Phi) is 3.99. The fraction of sp³-hybridized carbons (Fsp3) is 0.300. The van der Waals surface area contributed by atoms with Crippen molar-refractivity contribution < 1.29 is 14.6 Å². The lowest BCUT2D eigenvalue weighted by Gasteiger charge is -2.12. The van der Waals surface area contributed by atoms with Crippen molar-refractivity contribution in [2.24, 2.45) is 0 Å². The molecule has 0 bridgehead atoms. The van der Waals surface area contributed by atoms with Crippen molar-refractivity contribution in [3.05, 3.63) is 35.9 Å². The molecule has 1 unspecified atom stereocenters. The number of aliphatic hydroxyl groups is 1. The summed E-state index contributed by atoms with van der Waals surface area (Å²) in [5, 5.41) is 9.01. The van der Waals surface area contributed by atoms with Gasteiger partial charge in [0.2, 0.25) is 0 Å². The molecule has 0 saturated carbocycles. The smallest absolute Gasteiger partial charge is 0.293 e. The third-order valence-corrected chi connectivity index (χ3v) is 1.86. The minimum absolute atomic E-state index is 0.0160. The summed E-state index contributed by atoms with van der Waals surface area (Å²) in [5.41, 5.74) is 0.979. The zero-order valence-corrected chi connectivity index (χ0v) is 7.22. The van der Waals surface area contributed by atoms with E-state index in [1.54, 1.807) is 0 Å². The molecule has 1 rings (SSSR count). The van der Waals surface area contributed by atoms with Crippen molar-refractivity contribution >= 4 is 6.47 Å². The molecule has 0 radical (unpaired) electrons. The first-order valence-corrected chi connectivity index (χ1v) is 4.09. The second kappa shape index (κ2) is 5.32. The molecule has 1 aromatic carbocycles. The van der Waals surface area contributed by atoms with E-state index in [4.69, 9.17) is 5.11 Å². The van der Waals surface area contributed by atoms with Crippen molar-refractivity contribution in [2.45, 2.75) is 5.92 Å². The van der Waals surface area contributed by atoms with Gasteiger partial charge < -0.3 is 9.84 Å². The number of hydrogen-bond acceptors (Lipinski definition) is 3. The van der Waals surface area contributed by atoms with Crippen molar-refractivity contribution in [3.8, 4) is 0 Å². The van der Waals surface area contributed by atoms with Crippen molar-refractivity contribution in [3.63, 3.8) is 0 Å². The molecule has 0 saturated heterocycles. The second-order valence-electron chi connectivity index (χ2n) is 2.72. The predicted molar refractivity (Wildman–Crippen MR) is 48.3 cm³/mol. The zero-order chi connectivity index (χ0) is 9.52. The molecule has 0 aliphatic rings. The van der Waals surface area contributed by atoms with Crippen LogP contribution in [0, 0.1) is 0 Å². The lowest BCUT2D eigenvalue weighted by Crippen LogP contribution is -2.11. The Labute approximate surface area is 77.0 Å². The van der Waals surface area contributed by atoms with E-state index in [-0.39, 0.29) is 19.1 Å². The number of carbonyl (C=O) groups is 1. The summed E-state index contributed by atoms with van der Waals surface area (Å²) in [6.45, 7) is 0.605. The SMILES string of the molecule is O=COCC(CO)c1ccccc1. The number of benzene rings is 1. The Morgan fingerprint density at radius 1 is 1.38 bits per heavy atom. The van der Waals surface area contributed by atoms with Crippen LogP contribution in [0.1, 0.15) is 11.5 Å². The number of carbonyl (C=O) groups excluding carboxylic acids is 1. The molecule has 3 heteroatoms. The molecule has 0 aliphatic carbocycles. The highest BCUT2D eigenvalue weighted by Gasteiger charge is 2.09. The lowest BCUT2D eigenvalue weighted by atomic mass is 10.0. The number of hydrogen-bond donors (Lipinski definition) is 1. The van der Waals surface area contributed by atoms with Crippen LogP contribution in [0.4, 0.5) is 0 Å². The van der Waals surface area contributed by atoms with Crippen LogP contribution in [-0.2, 0) is 9.53 Å². The Hall–Kier alpha value is -1.35. The first kappa shape index (κ1) is 9.74. The van der Waals surface area contributed by atoms with Gasteiger partial charge in [-0.2, -0.15) is 0 Å². The molecule has 0 heterocycles. The Bertz CT molecular complexity index is 246. The fourth-order valence-corrected chi connectivity index (χ4v) is 1.13. The monoisotopic (exact) mass is 180 g/mol. The molecule has 0 fully saturated rings. The van der Waals surface area contributed by atoms with Gasteiger partial charge in [-0.1, -0.05) is 30.3 Å². The number of ether oxygens (including phenoxy) is 1. The van der Waals surface area contributed by atoms with Crippen LogP contribution < -0.4 is 0 Å². The topological polar surface area (TPSA) is 46.5 Å². The lowest BCUT2D eigenvalue weighted by molar-refractivity contribution is -0.129. The van der Waals surface area contributed by atoms with Gasteiger partial charge >= 0.3 is 0 Å². The van der Waals surface area contributed by atoms with Gasteiger partial charge in [0.05, 0.1) is 6.61 Å². The van der Waals surface area contributed by atoms with Crippen LogP contribution in [0.5, 0.6) is 0 Å². The molecule has 0 spiro atoms. The van der Waals surface area contributed by atoms with E-state index in [1.165, 1.54) is 0 Å². The van der Waals surface area contributed by atoms with Gasteiger partial charge in [-0.3, -0.25) is 4.79 Å². The maximum absolute atomic E-state index is 9.95.